The molecule has 4 amide bonds. The standard InChI is InChI=1S/C40H46N10O6S/c1-19(2)28(47-39(53)55-5)37(51)49-15-7-9-26(49)34-42-23-12-11-21-17-22(18-41-30(21)31(23)45-34)36-44-25-14-13-24-32(33(25)57-36)46-35(43-24)27-10-8-16-50(27)38(52)29(20(3)4)48-40(54)56-6/h11-14,17-20,26-29H,7-10,15-16H2,1-6H3,(H,42,45)(H,43,46)(H,47,53)(H,48,54)/t26-,27-,28-,29-/m0/s1. The van der Waals surface area contributed by atoms with Gasteiger partial charge in [-0.1, -0.05) is 33.8 Å². The summed E-state index contributed by atoms with van der Waals surface area (Å²) >= 11 is 1.54. The summed E-state index contributed by atoms with van der Waals surface area (Å²) in [5, 5.41) is 7.11. The first-order valence-electron chi connectivity index (χ1n) is 19.3. The lowest BCUT2D eigenvalue weighted by Gasteiger charge is -2.29. The van der Waals surface area contributed by atoms with Gasteiger partial charge in [-0.3, -0.25) is 14.6 Å². The monoisotopic (exact) mass is 794 g/mol. The summed E-state index contributed by atoms with van der Waals surface area (Å²) in [6.07, 6.45) is 3.69. The SMILES string of the molecule is COC(=O)N[C@H](C(=O)N1CCC[C@H]1c1nc2c(ccc3cc(-c4nc5ccc6[nH]c([C@@H]7CCCN7C(=O)[C@@H](NC(=O)OC)C(C)C)nc6c5s4)cnc32)[nH]1)C(C)C. The number of alkyl carbamates (subject to hydrolysis) is 2. The number of hydrogen-bond acceptors (Lipinski definition) is 11. The molecule has 6 aromatic rings. The number of amides is 4. The number of aromatic amines is 2. The minimum atomic E-state index is -0.716. The van der Waals surface area contributed by atoms with Crippen LogP contribution in [0.1, 0.15) is 77.1 Å². The Morgan fingerprint density at radius 2 is 1.30 bits per heavy atom. The smallest absolute Gasteiger partial charge is 0.407 e. The molecule has 2 aliphatic rings. The first kappa shape index (κ1) is 38.1. The zero-order chi connectivity index (χ0) is 40.1. The number of aromatic nitrogens is 6. The van der Waals surface area contributed by atoms with E-state index in [9.17, 15) is 19.2 Å². The van der Waals surface area contributed by atoms with Crippen LogP contribution in [0.2, 0.25) is 0 Å². The minimum Gasteiger partial charge on any atom is -0.453 e. The first-order valence-corrected chi connectivity index (χ1v) is 20.1. The average molecular weight is 795 g/mol. The van der Waals surface area contributed by atoms with Gasteiger partial charge in [-0.25, -0.2) is 24.5 Å². The molecule has 17 heteroatoms. The number of carbonyl (C=O) groups is 4. The highest BCUT2D eigenvalue weighted by Gasteiger charge is 2.39. The highest BCUT2D eigenvalue weighted by molar-refractivity contribution is 7.22. The quantitative estimate of drug-likeness (QED) is 0.128. The average Bonchev–Trinajstić information content (AvgIpc) is 4.05. The van der Waals surface area contributed by atoms with E-state index in [1.54, 1.807) is 4.90 Å². The van der Waals surface area contributed by atoms with E-state index >= 15 is 0 Å². The van der Waals surface area contributed by atoms with E-state index in [0.29, 0.717) is 24.7 Å². The second kappa shape index (κ2) is 15.2. The Morgan fingerprint density at radius 3 is 1.86 bits per heavy atom. The fourth-order valence-electron chi connectivity index (χ4n) is 8.10. The Balaban J connectivity index is 1.06. The molecular weight excluding hydrogens is 749 g/mol. The van der Waals surface area contributed by atoms with Crippen LogP contribution >= 0.6 is 11.3 Å². The summed E-state index contributed by atoms with van der Waals surface area (Å²) in [4.78, 5) is 81.9. The molecule has 2 aliphatic heterocycles. The second-order valence-corrected chi connectivity index (χ2v) is 16.4. The molecule has 0 saturated carbocycles. The summed E-state index contributed by atoms with van der Waals surface area (Å²) < 4.78 is 10.5. The van der Waals surface area contributed by atoms with Crippen molar-refractivity contribution in [3.05, 3.63) is 48.2 Å². The van der Waals surface area contributed by atoms with E-state index in [-0.39, 0.29) is 35.7 Å². The van der Waals surface area contributed by atoms with Gasteiger partial charge in [-0.05, 0) is 61.8 Å². The minimum absolute atomic E-state index is 0.127. The van der Waals surface area contributed by atoms with E-state index < -0.39 is 24.3 Å². The second-order valence-electron chi connectivity index (χ2n) is 15.4. The topological polar surface area (TPSA) is 200 Å². The van der Waals surface area contributed by atoms with Gasteiger partial charge >= 0.3 is 12.2 Å². The fourth-order valence-corrected chi connectivity index (χ4v) is 9.14. The van der Waals surface area contributed by atoms with Gasteiger partial charge in [0.1, 0.15) is 39.8 Å². The molecule has 6 heterocycles. The number of pyridine rings is 1. The number of nitrogens with one attached hydrogen (secondary N) is 4. The molecule has 2 aromatic carbocycles. The molecule has 298 valence electrons. The maximum absolute atomic E-state index is 13.7. The van der Waals surface area contributed by atoms with Crippen LogP contribution < -0.4 is 10.6 Å². The van der Waals surface area contributed by atoms with Gasteiger partial charge in [-0.2, -0.15) is 0 Å². The van der Waals surface area contributed by atoms with Gasteiger partial charge in [0.25, 0.3) is 0 Å². The van der Waals surface area contributed by atoms with Gasteiger partial charge in [0.2, 0.25) is 11.8 Å². The van der Waals surface area contributed by atoms with Crippen molar-refractivity contribution < 1.29 is 28.7 Å². The molecular formula is C40H46N10O6S. The van der Waals surface area contributed by atoms with Gasteiger partial charge in [0.05, 0.1) is 53.1 Å². The third-order valence-electron chi connectivity index (χ3n) is 11.1. The van der Waals surface area contributed by atoms with Crippen LogP contribution in [0.4, 0.5) is 9.59 Å². The molecule has 57 heavy (non-hydrogen) atoms. The lowest BCUT2D eigenvalue weighted by Crippen LogP contribution is -2.51. The normalized spacial score (nSPS) is 18.3. The van der Waals surface area contributed by atoms with Crippen molar-refractivity contribution in [3.63, 3.8) is 0 Å². The molecule has 2 saturated heterocycles. The van der Waals surface area contributed by atoms with Crippen molar-refractivity contribution in [2.75, 3.05) is 27.3 Å². The molecule has 16 nitrogen and oxygen atoms in total. The lowest BCUT2D eigenvalue weighted by atomic mass is 10.0. The number of H-pyrrole nitrogens is 2. The van der Waals surface area contributed by atoms with E-state index in [2.05, 4.69) is 26.7 Å². The molecule has 2 fully saturated rings. The predicted octanol–water partition coefficient (Wildman–Crippen LogP) is 6.35. The first-order chi connectivity index (χ1) is 27.4. The van der Waals surface area contributed by atoms with Gasteiger partial charge < -0.3 is 39.9 Å². The van der Waals surface area contributed by atoms with Crippen molar-refractivity contribution in [2.45, 2.75) is 77.5 Å². The van der Waals surface area contributed by atoms with Crippen molar-refractivity contribution >= 4 is 78.5 Å². The van der Waals surface area contributed by atoms with Crippen LogP contribution in [-0.4, -0.2) is 103 Å². The zero-order valence-electron chi connectivity index (χ0n) is 32.7. The van der Waals surface area contributed by atoms with Gasteiger partial charge in [-0.15, -0.1) is 11.3 Å². The molecule has 4 aromatic heterocycles. The van der Waals surface area contributed by atoms with Crippen molar-refractivity contribution in [2.24, 2.45) is 11.8 Å². The van der Waals surface area contributed by atoms with Crippen LogP contribution in [0, 0.1) is 11.8 Å². The third kappa shape index (κ3) is 6.97. The van der Waals surface area contributed by atoms with E-state index in [4.69, 9.17) is 29.4 Å². The molecule has 4 atom stereocenters. The maximum atomic E-state index is 13.7. The molecule has 4 N–H and O–H groups in total. The molecule has 0 unspecified atom stereocenters. The molecule has 0 radical (unpaired) electrons. The summed E-state index contributed by atoms with van der Waals surface area (Å²) in [6.45, 7) is 8.72. The third-order valence-corrected chi connectivity index (χ3v) is 12.2. The van der Waals surface area contributed by atoms with Crippen molar-refractivity contribution in [3.8, 4) is 10.6 Å². The predicted molar refractivity (Wildman–Crippen MR) is 215 cm³/mol. The van der Waals surface area contributed by atoms with Crippen molar-refractivity contribution in [1.29, 1.82) is 0 Å². The van der Waals surface area contributed by atoms with E-state index in [1.165, 1.54) is 25.6 Å². The number of rotatable bonds is 9. The molecule has 8 rings (SSSR count). The fraction of sp³-hybridized carbons (Fsp3) is 0.450. The summed E-state index contributed by atoms with van der Waals surface area (Å²) in [5.41, 5.74) is 5.60. The Hall–Kier alpha value is -5.84. The Kier molecular flexibility index (Phi) is 10.2. The number of fused-ring (bicyclic) bond motifs is 6. The van der Waals surface area contributed by atoms with Crippen molar-refractivity contribution in [1.82, 2.24) is 50.3 Å². The van der Waals surface area contributed by atoms with Crippen LogP contribution in [0.15, 0.2) is 36.5 Å². The lowest BCUT2D eigenvalue weighted by molar-refractivity contribution is -0.136. The van der Waals surface area contributed by atoms with E-state index in [1.807, 2.05) is 63.1 Å². The number of ether oxygens (including phenoxy) is 2. The van der Waals surface area contributed by atoms with E-state index in [0.717, 1.165) is 79.4 Å². The van der Waals surface area contributed by atoms with Gasteiger partial charge in [0, 0.05) is 30.2 Å². The number of nitrogens with zero attached hydrogens (tertiary/aromatic N) is 6. The number of benzene rings is 2. The number of methoxy groups -OCH3 is 2. The number of likely N-dealkylation sites (tertiary alicyclic amines) is 2. The Morgan fingerprint density at radius 1 is 0.754 bits per heavy atom. The largest absolute Gasteiger partial charge is 0.453 e. The number of hydrogen-bond donors (Lipinski definition) is 4. The number of carbonyl (C=O) groups excluding carboxylic acids is 4. The molecule has 0 bridgehead atoms. The summed E-state index contributed by atoms with van der Waals surface area (Å²) in [7, 11) is 2.57. The molecule has 0 spiro atoms. The highest BCUT2D eigenvalue weighted by Crippen LogP contribution is 2.39. The highest BCUT2D eigenvalue weighted by atomic mass is 32.1. The number of imidazole rings is 2. The number of thiazole rings is 1. The Bertz CT molecular complexity index is 2530. The summed E-state index contributed by atoms with van der Waals surface area (Å²) in [5.74, 6) is 0.818. The van der Waals surface area contributed by atoms with Crippen LogP contribution in [0.3, 0.4) is 0 Å². The van der Waals surface area contributed by atoms with Crippen LogP contribution in [-0.2, 0) is 19.1 Å². The van der Waals surface area contributed by atoms with Gasteiger partial charge in [0.15, 0.2) is 0 Å². The summed E-state index contributed by atoms with van der Waals surface area (Å²) in [6, 6.07) is 8.05. The Labute approximate surface area is 332 Å². The van der Waals surface area contributed by atoms with Crippen LogP contribution in [0.25, 0.3) is 53.8 Å². The maximum Gasteiger partial charge on any atom is 0.407 e. The molecule has 0 aliphatic carbocycles. The zero-order valence-corrected chi connectivity index (χ0v) is 33.5. The van der Waals surface area contributed by atoms with Crippen LogP contribution in [0.5, 0.6) is 0 Å².